The Bertz CT molecular complexity index is 4560. The molecule has 0 atom stereocenters. The SMILES string of the molecule is CC1=C(/C=C(\CN2c3cc(-n4c5cc(C(C)(C)C)ccc5c5ccc(C(C)(C)C)cc54)cc(c3C)N(c3cc4c(cc3C)C(C)(C)CCC4(C)C)c3cc(C(C)(C)C)ccc3[B]c3oc4cc5c(cc4c32)C2(C)CCC5(C)CC2)c2ccccc2)C(C)(C)CCC1(C)C. The predicted octanol–water partition coefficient (Wildman–Crippen LogP) is 23.3. The van der Waals surface area contributed by atoms with Gasteiger partial charge in [0.25, 0.3) is 0 Å². The van der Waals surface area contributed by atoms with Crippen LogP contribution in [-0.4, -0.2) is 18.4 Å². The van der Waals surface area contributed by atoms with Crippen molar-refractivity contribution < 1.29 is 4.42 Å². The Morgan fingerprint density at radius 2 is 1.00 bits per heavy atom. The van der Waals surface area contributed by atoms with Crippen LogP contribution in [0.25, 0.3) is 44.0 Å². The van der Waals surface area contributed by atoms with Gasteiger partial charge in [0, 0.05) is 39.8 Å². The van der Waals surface area contributed by atoms with Crippen LogP contribution in [0.15, 0.2) is 143 Å². The molecule has 93 heavy (non-hydrogen) atoms. The maximum Gasteiger partial charge on any atom is 0.246 e. The molecule has 1 aliphatic heterocycles. The lowest BCUT2D eigenvalue weighted by molar-refractivity contribution is 0.188. The Labute approximate surface area is 559 Å². The highest BCUT2D eigenvalue weighted by atomic mass is 16.3. The van der Waals surface area contributed by atoms with E-state index < -0.39 is 0 Å². The topological polar surface area (TPSA) is 24.6 Å². The number of allylic oxidation sites excluding steroid dienone is 3. The standard InChI is InChI=1S/C88H105BN3O/c1-53-42-66-67(86(19,20)37-36-85(66,17)18)50-71(53)92-73-48-61(91-74-44-58(80(4,5)6)28-31-62(74)63-32-29-59(45-75(63)91)81(7,8)9)47-72(54(73)2)90(52-57(56-26-24-23-25-27-56)43-65-55(3)83(13,14)34-35-84(65,15)16)78-64-49-68-69(88(22)40-38-87(68,21)39-41-88)51-77(64)93-79(78)89-70-33-30-60(46-76(70)92)82(10,11)12/h23-33,42-51H,34-41,52H2,1-22H3/b57-43+. The van der Waals surface area contributed by atoms with Gasteiger partial charge < -0.3 is 18.8 Å². The molecule has 15 rings (SSSR count). The van der Waals surface area contributed by atoms with Crippen LogP contribution in [0.3, 0.4) is 0 Å². The number of furan rings is 1. The van der Waals surface area contributed by atoms with Crippen molar-refractivity contribution in [1.82, 2.24) is 4.57 Å². The van der Waals surface area contributed by atoms with Crippen molar-refractivity contribution in [3.05, 3.63) is 194 Å². The van der Waals surface area contributed by atoms with Crippen molar-refractivity contribution in [3.8, 4) is 5.69 Å². The summed E-state index contributed by atoms with van der Waals surface area (Å²) in [7, 11) is 2.44. The monoisotopic (exact) mass is 1230 g/mol. The Morgan fingerprint density at radius 1 is 0.484 bits per heavy atom. The maximum absolute atomic E-state index is 7.83. The van der Waals surface area contributed by atoms with Gasteiger partial charge in [0.2, 0.25) is 7.28 Å². The summed E-state index contributed by atoms with van der Waals surface area (Å²) in [6, 6.07) is 48.9. The predicted molar refractivity (Wildman–Crippen MR) is 402 cm³/mol. The van der Waals surface area contributed by atoms with Crippen molar-refractivity contribution in [1.29, 1.82) is 0 Å². The van der Waals surface area contributed by atoms with Crippen LogP contribution in [0.1, 0.15) is 245 Å². The molecule has 5 aliphatic carbocycles. The molecule has 4 nitrogen and oxygen atoms in total. The molecule has 5 heteroatoms. The summed E-state index contributed by atoms with van der Waals surface area (Å²) in [5.74, 6) is 0. The molecule has 4 bridgehead atoms. The van der Waals surface area contributed by atoms with E-state index in [0.29, 0.717) is 6.54 Å². The highest BCUT2D eigenvalue weighted by Crippen LogP contribution is 2.59. The molecule has 0 unspecified atom stereocenters. The number of anilines is 5. The number of nitrogens with zero attached hydrogens (tertiary/aromatic N) is 3. The normalized spacial score (nSPS) is 21.6. The fourth-order valence-corrected chi connectivity index (χ4v) is 17.4. The van der Waals surface area contributed by atoms with Crippen LogP contribution in [0.4, 0.5) is 28.4 Å². The molecule has 0 spiro atoms. The lowest BCUT2D eigenvalue weighted by Gasteiger charge is -2.52. The molecule has 7 aromatic carbocycles. The summed E-state index contributed by atoms with van der Waals surface area (Å²) in [6.07, 6.45) is 12.0. The van der Waals surface area contributed by atoms with Gasteiger partial charge in [-0.1, -0.05) is 221 Å². The number of fused-ring (bicyclic) bond motifs is 12. The van der Waals surface area contributed by atoms with Crippen LogP contribution in [0.2, 0.25) is 0 Å². The van der Waals surface area contributed by atoms with E-state index >= 15 is 0 Å². The van der Waals surface area contributed by atoms with Gasteiger partial charge in [-0.05, 0) is 236 Å². The first-order valence-corrected chi connectivity index (χ1v) is 35.4. The summed E-state index contributed by atoms with van der Waals surface area (Å²) in [6.45, 7) is 54.1. The van der Waals surface area contributed by atoms with Crippen molar-refractivity contribution in [3.63, 3.8) is 0 Å². The van der Waals surface area contributed by atoms with Gasteiger partial charge in [-0.15, -0.1) is 0 Å². The zero-order valence-corrected chi connectivity index (χ0v) is 60.8. The quantitative estimate of drug-likeness (QED) is 0.155. The Morgan fingerprint density at radius 3 is 1.58 bits per heavy atom. The third kappa shape index (κ3) is 10.3. The highest BCUT2D eigenvalue weighted by Gasteiger charge is 2.49. The zero-order chi connectivity index (χ0) is 66.4. The van der Waals surface area contributed by atoms with Crippen molar-refractivity contribution in [2.75, 3.05) is 16.3 Å². The van der Waals surface area contributed by atoms with Gasteiger partial charge in [-0.25, -0.2) is 0 Å². The van der Waals surface area contributed by atoms with Crippen LogP contribution < -0.4 is 20.9 Å². The summed E-state index contributed by atoms with van der Waals surface area (Å²) < 4.78 is 10.5. The second-order valence-corrected chi connectivity index (χ2v) is 36.1. The molecule has 0 amide bonds. The summed E-state index contributed by atoms with van der Waals surface area (Å²) in [5, 5.41) is 3.72. The number of rotatable bonds is 6. The molecule has 1 radical (unpaired) electrons. The molecule has 0 N–H and O–H groups in total. The third-order valence-electron chi connectivity index (χ3n) is 24.6. The first kappa shape index (κ1) is 63.4. The van der Waals surface area contributed by atoms with E-state index in [1.807, 2.05) is 0 Å². The minimum Gasteiger partial charge on any atom is -0.469 e. The lowest BCUT2D eigenvalue weighted by atomic mass is 9.52. The molecule has 9 aromatic rings. The molecule has 481 valence electrons. The maximum atomic E-state index is 7.83. The van der Waals surface area contributed by atoms with E-state index in [1.165, 1.54) is 149 Å². The van der Waals surface area contributed by atoms with E-state index in [1.54, 1.807) is 0 Å². The average Bonchev–Trinajstić information content (AvgIpc) is 1.64. The largest absolute Gasteiger partial charge is 0.469 e. The second kappa shape index (κ2) is 21.0. The van der Waals surface area contributed by atoms with E-state index in [4.69, 9.17) is 4.42 Å². The summed E-state index contributed by atoms with van der Waals surface area (Å²) in [4.78, 5) is 5.46. The van der Waals surface area contributed by atoms with Crippen LogP contribution >= 0.6 is 0 Å². The first-order chi connectivity index (χ1) is 43.4. The summed E-state index contributed by atoms with van der Waals surface area (Å²) in [5.41, 5.74) is 30.1. The van der Waals surface area contributed by atoms with E-state index in [2.05, 4.69) is 301 Å². The average molecular weight is 1230 g/mol. The fraction of sp³-hybridized carbons (Fsp3) is 0.455. The van der Waals surface area contributed by atoms with Crippen molar-refractivity contribution in [2.45, 2.75) is 242 Å². The van der Waals surface area contributed by atoms with Gasteiger partial charge >= 0.3 is 0 Å². The molecular formula is C88H105BN3O. The number of aromatic nitrogens is 1. The van der Waals surface area contributed by atoms with Gasteiger partial charge in [0.1, 0.15) is 5.58 Å². The van der Waals surface area contributed by atoms with Gasteiger partial charge in [-0.3, -0.25) is 0 Å². The Hall–Kier alpha value is -6.98. The van der Waals surface area contributed by atoms with Gasteiger partial charge in [0.05, 0.1) is 33.8 Å². The summed E-state index contributed by atoms with van der Waals surface area (Å²) >= 11 is 0. The van der Waals surface area contributed by atoms with Crippen LogP contribution in [0.5, 0.6) is 0 Å². The van der Waals surface area contributed by atoms with Crippen molar-refractivity contribution >= 4 is 85.2 Å². The zero-order valence-electron chi connectivity index (χ0n) is 60.8. The highest BCUT2D eigenvalue weighted by molar-refractivity contribution is 6.70. The van der Waals surface area contributed by atoms with Gasteiger partial charge in [-0.2, -0.15) is 0 Å². The number of hydrogen-bond acceptors (Lipinski definition) is 3. The van der Waals surface area contributed by atoms with Crippen molar-refractivity contribution in [2.24, 2.45) is 10.8 Å². The Kier molecular flexibility index (Phi) is 14.3. The third-order valence-corrected chi connectivity index (χ3v) is 24.6. The molecule has 1 saturated carbocycles. The van der Waals surface area contributed by atoms with E-state index in [0.717, 1.165) is 53.0 Å². The minimum absolute atomic E-state index is 0.0273. The minimum atomic E-state index is -0.143. The smallest absolute Gasteiger partial charge is 0.246 e. The van der Waals surface area contributed by atoms with E-state index in [-0.39, 0.29) is 48.7 Å². The number of aryl methyl sites for hydroxylation is 1. The number of hydrogen-bond donors (Lipinski definition) is 0. The Balaban J connectivity index is 1.19. The molecule has 2 aromatic heterocycles. The number of benzene rings is 7. The fourth-order valence-electron chi connectivity index (χ4n) is 17.4. The lowest BCUT2D eigenvalue weighted by Crippen LogP contribution is -2.44. The van der Waals surface area contributed by atoms with Crippen LogP contribution in [-0.2, 0) is 37.9 Å². The first-order valence-electron chi connectivity index (χ1n) is 35.4. The molecule has 3 heterocycles. The van der Waals surface area contributed by atoms with E-state index in [9.17, 15) is 0 Å². The molecular weight excluding hydrogens is 1130 g/mol. The molecule has 6 aliphatic rings. The second-order valence-electron chi connectivity index (χ2n) is 36.1. The van der Waals surface area contributed by atoms with Crippen LogP contribution in [0, 0.1) is 24.7 Å². The molecule has 0 saturated heterocycles. The van der Waals surface area contributed by atoms with Gasteiger partial charge in [0.15, 0.2) is 0 Å². The molecule has 1 fully saturated rings.